The zero-order valence-electron chi connectivity index (χ0n) is 9.14. The summed E-state index contributed by atoms with van der Waals surface area (Å²) < 4.78 is 18.8. The van der Waals surface area contributed by atoms with Crippen LogP contribution < -0.4 is 4.74 Å². The van der Waals surface area contributed by atoms with E-state index in [9.17, 15) is 14.6 Å². The van der Waals surface area contributed by atoms with Gasteiger partial charge in [-0.15, -0.1) is 0 Å². The summed E-state index contributed by atoms with van der Waals surface area (Å²) in [5.41, 5.74) is 0.648. The van der Waals surface area contributed by atoms with Crippen LogP contribution in [0.15, 0.2) is 36.4 Å². The molecule has 2 rings (SSSR count). The number of hydrogen-bond acceptors (Lipinski definition) is 3. The first-order chi connectivity index (χ1) is 8.11. The van der Waals surface area contributed by atoms with E-state index in [4.69, 9.17) is 4.74 Å². The average Bonchev–Trinajstić information content (AvgIpc) is 2.28. The minimum atomic E-state index is -0.528. The Morgan fingerprint density at radius 1 is 1.06 bits per heavy atom. The van der Waals surface area contributed by atoms with Crippen molar-refractivity contribution < 1.29 is 19.3 Å². The molecule has 0 aliphatic heterocycles. The molecule has 0 fully saturated rings. The van der Waals surface area contributed by atoms with Crippen LogP contribution in [0.4, 0.5) is 4.39 Å². The van der Waals surface area contributed by atoms with E-state index in [1.807, 2.05) is 0 Å². The Hall–Kier alpha value is -2.23. The molecule has 0 radical (unpaired) electrons. The predicted octanol–water partition coefficient (Wildman–Crippen LogP) is 2.91. The van der Waals surface area contributed by atoms with Crippen LogP contribution in [0, 0.1) is 5.82 Å². The fourth-order valence-corrected chi connectivity index (χ4v) is 1.64. The molecule has 4 heteroatoms. The minimum Gasteiger partial charge on any atom is -0.508 e. The second-order valence-electron chi connectivity index (χ2n) is 3.56. The Balaban J connectivity index is 2.60. The Bertz CT molecular complexity index is 532. The van der Waals surface area contributed by atoms with Gasteiger partial charge in [0.15, 0.2) is 11.6 Å². The monoisotopic (exact) mass is 234 g/mol. The molecule has 0 aliphatic rings. The summed E-state index contributed by atoms with van der Waals surface area (Å²) in [4.78, 5) is 0. The van der Waals surface area contributed by atoms with Crippen molar-refractivity contribution in [2.24, 2.45) is 0 Å². The second-order valence-corrected chi connectivity index (χ2v) is 3.56. The Morgan fingerprint density at radius 2 is 1.71 bits per heavy atom. The highest BCUT2D eigenvalue weighted by atomic mass is 19.1. The van der Waals surface area contributed by atoms with Crippen molar-refractivity contribution in [1.82, 2.24) is 0 Å². The summed E-state index contributed by atoms with van der Waals surface area (Å²) in [6.07, 6.45) is 0. The Morgan fingerprint density at radius 3 is 2.29 bits per heavy atom. The van der Waals surface area contributed by atoms with Gasteiger partial charge in [0.2, 0.25) is 0 Å². The maximum Gasteiger partial charge on any atom is 0.172 e. The molecule has 17 heavy (non-hydrogen) atoms. The summed E-state index contributed by atoms with van der Waals surface area (Å²) in [6, 6.07) is 8.61. The van der Waals surface area contributed by atoms with Gasteiger partial charge in [-0.25, -0.2) is 4.39 Å². The lowest BCUT2D eigenvalue weighted by Gasteiger charge is -2.08. The highest BCUT2D eigenvalue weighted by Crippen LogP contribution is 2.33. The first-order valence-corrected chi connectivity index (χ1v) is 4.97. The van der Waals surface area contributed by atoms with Crippen molar-refractivity contribution in [2.75, 3.05) is 7.11 Å². The van der Waals surface area contributed by atoms with Gasteiger partial charge in [-0.3, -0.25) is 0 Å². The van der Waals surface area contributed by atoms with Gasteiger partial charge in [0, 0.05) is 11.6 Å². The Labute approximate surface area is 97.7 Å². The van der Waals surface area contributed by atoms with Gasteiger partial charge >= 0.3 is 0 Å². The molecule has 0 saturated carbocycles. The molecule has 0 heterocycles. The van der Waals surface area contributed by atoms with Gasteiger partial charge in [-0.2, -0.15) is 0 Å². The van der Waals surface area contributed by atoms with Crippen molar-refractivity contribution in [1.29, 1.82) is 0 Å². The van der Waals surface area contributed by atoms with E-state index in [-0.39, 0.29) is 22.8 Å². The lowest BCUT2D eigenvalue weighted by atomic mass is 10.0. The second kappa shape index (κ2) is 4.33. The topological polar surface area (TPSA) is 49.7 Å². The molecule has 0 unspecified atom stereocenters. The normalized spacial score (nSPS) is 10.2. The fourth-order valence-electron chi connectivity index (χ4n) is 1.64. The fraction of sp³-hybridized carbons (Fsp3) is 0.0769. The highest BCUT2D eigenvalue weighted by molar-refractivity contribution is 5.69. The molecule has 0 saturated heterocycles. The quantitative estimate of drug-likeness (QED) is 0.839. The van der Waals surface area contributed by atoms with Crippen LogP contribution >= 0.6 is 0 Å². The third-order valence-corrected chi connectivity index (χ3v) is 2.40. The number of aromatic hydroxyl groups is 2. The SMILES string of the molecule is COc1cccc(-c2cc(O)cc(O)c2)c1F. The molecule has 2 aromatic rings. The number of phenolic OH excluding ortho intramolecular Hbond substituents is 2. The van der Waals surface area contributed by atoms with Gasteiger partial charge in [0.1, 0.15) is 11.5 Å². The van der Waals surface area contributed by atoms with Gasteiger partial charge in [0.05, 0.1) is 7.11 Å². The molecule has 3 nitrogen and oxygen atoms in total. The summed E-state index contributed by atoms with van der Waals surface area (Å²) in [7, 11) is 1.38. The Kier molecular flexibility index (Phi) is 2.87. The molecule has 0 amide bonds. The van der Waals surface area contributed by atoms with Crippen LogP contribution in [0.1, 0.15) is 0 Å². The van der Waals surface area contributed by atoms with Crippen LogP contribution in [0.3, 0.4) is 0 Å². The number of halogens is 1. The van der Waals surface area contributed by atoms with Gasteiger partial charge < -0.3 is 14.9 Å². The van der Waals surface area contributed by atoms with Crippen molar-refractivity contribution in [3.05, 3.63) is 42.2 Å². The molecule has 0 aliphatic carbocycles. The van der Waals surface area contributed by atoms with Gasteiger partial charge in [-0.05, 0) is 23.8 Å². The summed E-state index contributed by atoms with van der Waals surface area (Å²) in [5, 5.41) is 18.7. The largest absolute Gasteiger partial charge is 0.508 e. The zero-order chi connectivity index (χ0) is 12.4. The molecule has 2 N–H and O–H groups in total. The minimum absolute atomic E-state index is 0.116. The molecular formula is C13H11FO3. The molecule has 0 bridgehead atoms. The number of rotatable bonds is 2. The lowest BCUT2D eigenvalue weighted by molar-refractivity contribution is 0.387. The lowest BCUT2D eigenvalue weighted by Crippen LogP contribution is -1.91. The molecule has 88 valence electrons. The van der Waals surface area contributed by atoms with E-state index in [0.717, 1.165) is 0 Å². The van der Waals surface area contributed by atoms with Crippen LogP contribution in [-0.4, -0.2) is 17.3 Å². The van der Waals surface area contributed by atoms with Crippen LogP contribution in [0.25, 0.3) is 11.1 Å². The third kappa shape index (κ3) is 2.15. The number of phenols is 2. The predicted molar refractivity (Wildman–Crippen MR) is 61.7 cm³/mol. The molecule has 0 spiro atoms. The molecular weight excluding hydrogens is 223 g/mol. The number of ether oxygens (including phenoxy) is 1. The van der Waals surface area contributed by atoms with Crippen molar-refractivity contribution in [3.63, 3.8) is 0 Å². The summed E-state index contributed by atoms with van der Waals surface area (Å²) in [6.45, 7) is 0. The third-order valence-electron chi connectivity index (χ3n) is 2.40. The maximum atomic E-state index is 13.9. The standard InChI is InChI=1S/C13H11FO3/c1-17-12-4-2-3-11(13(12)14)8-5-9(15)7-10(16)6-8/h2-7,15-16H,1H3. The van der Waals surface area contributed by atoms with E-state index in [2.05, 4.69) is 0 Å². The summed E-state index contributed by atoms with van der Waals surface area (Å²) in [5.74, 6) is -0.658. The molecule has 0 aromatic heterocycles. The van der Waals surface area contributed by atoms with Crippen molar-refractivity contribution in [3.8, 4) is 28.4 Å². The maximum absolute atomic E-state index is 13.9. The van der Waals surface area contributed by atoms with E-state index in [1.54, 1.807) is 12.1 Å². The van der Waals surface area contributed by atoms with Crippen molar-refractivity contribution >= 4 is 0 Å². The zero-order valence-corrected chi connectivity index (χ0v) is 9.14. The van der Waals surface area contributed by atoms with Gasteiger partial charge in [0.25, 0.3) is 0 Å². The highest BCUT2D eigenvalue weighted by Gasteiger charge is 2.11. The van der Waals surface area contributed by atoms with Crippen molar-refractivity contribution in [2.45, 2.75) is 0 Å². The van der Waals surface area contributed by atoms with Crippen LogP contribution in [-0.2, 0) is 0 Å². The number of hydrogen-bond donors (Lipinski definition) is 2. The first kappa shape index (κ1) is 11.3. The average molecular weight is 234 g/mol. The van der Waals surface area contributed by atoms with Crippen LogP contribution in [0.5, 0.6) is 17.2 Å². The number of methoxy groups -OCH3 is 1. The smallest absolute Gasteiger partial charge is 0.172 e. The van der Waals surface area contributed by atoms with Crippen LogP contribution in [0.2, 0.25) is 0 Å². The number of benzene rings is 2. The first-order valence-electron chi connectivity index (χ1n) is 4.97. The van der Waals surface area contributed by atoms with E-state index < -0.39 is 5.82 Å². The molecule has 2 aromatic carbocycles. The van der Waals surface area contributed by atoms with E-state index >= 15 is 0 Å². The summed E-state index contributed by atoms with van der Waals surface area (Å²) >= 11 is 0. The van der Waals surface area contributed by atoms with E-state index in [0.29, 0.717) is 5.56 Å². The van der Waals surface area contributed by atoms with Gasteiger partial charge in [-0.1, -0.05) is 12.1 Å². The van der Waals surface area contributed by atoms with E-state index in [1.165, 1.54) is 31.4 Å². The molecule has 0 atom stereocenters.